The molecule has 4 amide bonds. The van der Waals surface area contributed by atoms with Gasteiger partial charge in [-0.05, 0) is 68.8 Å². The van der Waals surface area contributed by atoms with Crippen LogP contribution in [0.25, 0.3) is 10.8 Å². The maximum atomic E-state index is 14.5. The van der Waals surface area contributed by atoms with Crippen molar-refractivity contribution in [2.45, 2.75) is 51.9 Å². The second-order valence-electron chi connectivity index (χ2n) is 12.8. The van der Waals surface area contributed by atoms with E-state index in [2.05, 4.69) is 5.32 Å². The van der Waals surface area contributed by atoms with Gasteiger partial charge in [0.05, 0.1) is 44.2 Å². The van der Waals surface area contributed by atoms with Crippen LogP contribution in [-0.2, 0) is 25.6 Å². The molecule has 0 aliphatic carbocycles. The molecule has 14 heteroatoms. The minimum Gasteiger partial charge on any atom is -0.496 e. The standard InChI is InChI=1S/C36H44N4O10/c1-21(39(6)35(46)50-36(2,3)4)31(42)37-27-20-49-30-25(32(43)38(5)16-17-41)10-9-11-28(30)40(33(27)44)19-26-24-14-12-23(34(45)48-8)18-22(24)13-15-29(26)47-7/h9-15,18,21,27,41H,16-17,19-20H2,1-8H3,(H,37,42)/t21-,27-/m0/s1. The molecule has 1 aliphatic rings. The summed E-state index contributed by atoms with van der Waals surface area (Å²) in [5.74, 6) is -1.58. The Morgan fingerprint density at radius 3 is 2.44 bits per heavy atom. The maximum absolute atomic E-state index is 14.5. The molecule has 0 aromatic heterocycles. The van der Waals surface area contributed by atoms with Crippen molar-refractivity contribution >= 4 is 46.2 Å². The van der Waals surface area contributed by atoms with Crippen molar-refractivity contribution in [1.82, 2.24) is 15.1 Å². The highest BCUT2D eigenvalue weighted by Gasteiger charge is 2.37. The molecule has 50 heavy (non-hydrogen) atoms. The molecule has 0 spiro atoms. The summed E-state index contributed by atoms with van der Waals surface area (Å²) < 4.78 is 22.2. The van der Waals surface area contributed by atoms with Crippen LogP contribution in [0.1, 0.15) is 54.0 Å². The second kappa shape index (κ2) is 15.5. The highest BCUT2D eigenvalue weighted by Crippen LogP contribution is 2.39. The minimum atomic E-state index is -1.24. The number of nitrogens with one attached hydrogen (secondary N) is 1. The first kappa shape index (κ1) is 37.4. The average molecular weight is 693 g/mol. The summed E-state index contributed by atoms with van der Waals surface area (Å²) in [6, 6.07) is 11.0. The summed E-state index contributed by atoms with van der Waals surface area (Å²) >= 11 is 0. The topological polar surface area (TPSA) is 164 Å². The van der Waals surface area contributed by atoms with Crippen molar-refractivity contribution < 1.29 is 48.0 Å². The molecule has 0 radical (unpaired) electrons. The van der Waals surface area contributed by atoms with Crippen LogP contribution in [0.15, 0.2) is 48.5 Å². The molecule has 268 valence electrons. The Morgan fingerprint density at radius 2 is 1.80 bits per heavy atom. The normalized spacial score (nSPS) is 14.9. The van der Waals surface area contributed by atoms with Crippen LogP contribution in [0.4, 0.5) is 10.5 Å². The lowest BCUT2D eigenvalue weighted by Crippen LogP contribution is -2.55. The fraction of sp³-hybridized carbons (Fsp3) is 0.417. The Morgan fingerprint density at radius 1 is 1.08 bits per heavy atom. The van der Waals surface area contributed by atoms with Gasteiger partial charge in [0.2, 0.25) is 5.91 Å². The number of amides is 4. The van der Waals surface area contributed by atoms with Gasteiger partial charge in [0.1, 0.15) is 30.0 Å². The van der Waals surface area contributed by atoms with Crippen molar-refractivity contribution in [1.29, 1.82) is 0 Å². The number of benzene rings is 3. The van der Waals surface area contributed by atoms with Crippen LogP contribution in [0.5, 0.6) is 11.5 Å². The number of aliphatic hydroxyl groups is 1. The highest BCUT2D eigenvalue weighted by atomic mass is 16.6. The summed E-state index contributed by atoms with van der Waals surface area (Å²) in [6.07, 6.45) is -0.716. The number of fused-ring (bicyclic) bond motifs is 2. The zero-order chi connectivity index (χ0) is 36.9. The lowest BCUT2D eigenvalue weighted by Gasteiger charge is -2.30. The first-order chi connectivity index (χ1) is 23.6. The van der Waals surface area contributed by atoms with Gasteiger partial charge in [0.25, 0.3) is 11.8 Å². The molecule has 0 unspecified atom stereocenters. The average Bonchev–Trinajstić information content (AvgIpc) is 3.21. The van der Waals surface area contributed by atoms with Gasteiger partial charge in [-0.15, -0.1) is 0 Å². The summed E-state index contributed by atoms with van der Waals surface area (Å²) in [7, 11) is 5.74. The number of rotatable bonds is 10. The lowest BCUT2D eigenvalue weighted by atomic mass is 10.00. The quantitative estimate of drug-likeness (QED) is 0.301. The molecule has 0 fully saturated rings. The van der Waals surface area contributed by atoms with Gasteiger partial charge in [-0.2, -0.15) is 0 Å². The predicted molar refractivity (Wildman–Crippen MR) is 184 cm³/mol. The summed E-state index contributed by atoms with van der Waals surface area (Å²) in [5, 5.41) is 13.5. The van der Waals surface area contributed by atoms with Gasteiger partial charge in [-0.3, -0.25) is 19.3 Å². The first-order valence-electron chi connectivity index (χ1n) is 16.0. The Labute approximate surface area is 290 Å². The molecule has 1 aliphatic heterocycles. The van der Waals surface area contributed by atoms with Gasteiger partial charge in [0.15, 0.2) is 5.75 Å². The van der Waals surface area contributed by atoms with E-state index < -0.39 is 47.5 Å². The van der Waals surface area contributed by atoms with E-state index in [4.69, 9.17) is 18.9 Å². The van der Waals surface area contributed by atoms with E-state index in [1.54, 1.807) is 69.3 Å². The number of nitrogens with zero attached hydrogens (tertiary/aromatic N) is 3. The SMILES string of the molecule is COC(=O)c1ccc2c(CN3C(=O)[C@@H](NC(=O)[C@H](C)N(C)C(=O)OC(C)(C)C)COc4c(C(=O)N(C)CCO)cccc43)c(OC)ccc2c1. The Balaban J connectivity index is 1.79. The maximum Gasteiger partial charge on any atom is 0.410 e. The van der Waals surface area contributed by atoms with E-state index in [1.165, 1.54) is 45.0 Å². The van der Waals surface area contributed by atoms with Crippen molar-refractivity contribution in [3.05, 3.63) is 65.2 Å². The number of aliphatic hydroxyl groups excluding tert-OH is 1. The van der Waals surface area contributed by atoms with Crippen molar-refractivity contribution in [3.8, 4) is 11.5 Å². The van der Waals surface area contributed by atoms with Crippen molar-refractivity contribution in [3.63, 3.8) is 0 Å². The Kier molecular flexibility index (Phi) is 11.6. The van der Waals surface area contributed by atoms with Gasteiger partial charge >= 0.3 is 12.1 Å². The van der Waals surface area contributed by atoms with E-state index in [0.717, 1.165) is 4.90 Å². The largest absolute Gasteiger partial charge is 0.496 e. The summed E-state index contributed by atoms with van der Waals surface area (Å²) in [6.45, 7) is 6.02. The first-order valence-corrected chi connectivity index (χ1v) is 16.0. The molecule has 1 heterocycles. The molecule has 2 atom stereocenters. The Hall–Kier alpha value is -5.37. The number of hydrogen-bond acceptors (Lipinski definition) is 10. The van der Waals surface area contributed by atoms with Gasteiger partial charge in [-0.1, -0.05) is 18.2 Å². The number of esters is 1. The number of hydrogen-bond donors (Lipinski definition) is 2. The number of methoxy groups -OCH3 is 2. The van der Waals surface area contributed by atoms with Crippen LogP contribution in [0.3, 0.4) is 0 Å². The number of anilines is 1. The zero-order valence-electron chi connectivity index (χ0n) is 29.6. The molecule has 2 N–H and O–H groups in total. The summed E-state index contributed by atoms with van der Waals surface area (Å²) in [4.78, 5) is 70.3. The van der Waals surface area contributed by atoms with Crippen LogP contribution < -0.4 is 19.7 Å². The van der Waals surface area contributed by atoms with E-state index in [9.17, 15) is 29.1 Å². The van der Waals surface area contributed by atoms with Crippen LogP contribution in [0, 0.1) is 0 Å². The summed E-state index contributed by atoms with van der Waals surface area (Å²) in [5.41, 5.74) is 0.542. The fourth-order valence-corrected chi connectivity index (χ4v) is 5.42. The van der Waals surface area contributed by atoms with Gasteiger partial charge < -0.3 is 39.2 Å². The van der Waals surface area contributed by atoms with Gasteiger partial charge in [0, 0.05) is 26.2 Å². The smallest absolute Gasteiger partial charge is 0.410 e. The predicted octanol–water partition coefficient (Wildman–Crippen LogP) is 3.37. The minimum absolute atomic E-state index is 0.0631. The van der Waals surface area contributed by atoms with Crippen LogP contribution in [-0.4, -0.2) is 110 Å². The number of para-hydroxylation sites is 1. The third-order valence-electron chi connectivity index (χ3n) is 8.26. The second-order valence-corrected chi connectivity index (χ2v) is 12.8. The molecular weight excluding hydrogens is 648 g/mol. The monoisotopic (exact) mass is 692 g/mol. The van der Waals surface area contributed by atoms with Crippen LogP contribution in [0.2, 0.25) is 0 Å². The molecule has 0 saturated carbocycles. The lowest BCUT2D eigenvalue weighted by molar-refractivity contribution is -0.130. The highest BCUT2D eigenvalue weighted by molar-refractivity contribution is 6.06. The number of carbonyl (C=O) groups is 5. The van der Waals surface area contributed by atoms with Crippen LogP contribution >= 0.6 is 0 Å². The molecule has 14 nitrogen and oxygen atoms in total. The zero-order valence-corrected chi connectivity index (χ0v) is 29.6. The third-order valence-corrected chi connectivity index (χ3v) is 8.26. The third kappa shape index (κ3) is 8.08. The van der Waals surface area contributed by atoms with Gasteiger partial charge in [-0.25, -0.2) is 9.59 Å². The number of carbonyl (C=O) groups excluding carboxylic acids is 5. The fourth-order valence-electron chi connectivity index (χ4n) is 5.42. The molecule has 4 rings (SSSR count). The van der Waals surface area contributed by atoms with E-state index in [-0.39, 0.29) is 43.3 Å². The van der Waals surface area contributed by atoms with E-state index in [1.807, 2.05) is 0 Å². The molecule has 3 aromatic carbocycles. The molecule has 0 saturated heterocycles. The van der Waals surface area contributed by atoms with E-state index >= 15 is 0 Å². The molecular formula is C36H44N4O10. The Bertz CT molecular complexity index is 1790. The number of likely N-dealkylation sites (N-methyl/N-ethyl adjacent to an activating group) is 2. The van der Waals surface area contributed by atoms with E-state index in [0.29, 0.717) is 27.6 Å². The molecule has 3 aromatic rings. The number of ether oxygens (including phenoxy) is 4. The van der Waals surface area contributed by atoms with Crippen molar-refractivity contribution in [2.75, 3.05) is 53.0 Å². The molecule has 0 bridgehead atoms. The van der Waals surface area contributed by atoms with Crippen molar-refractivity contribution in [2.24, 2.45) is 0 Å².